The number of halogens is 1. The van der Waals surface area contributed by atoms with Crippen molar-refractivity contribution in [1.82, 2.24) is 9.88 Å². The fourth-order valence-electron chi connectivity index (χ4n) is 1.48. The molecule has 100 valence electrons. The third-order valence-corrected chi connectivity index (χ3v) is 2.79. The van der Waals surface area contributed by atoms with Gasteiger partial charge in [0.15, 0.2) is 0 Å². The smallest absolute Gasteiger partial charge is 0.253 e. The van der Waals surface area contributed by atoms with Crippen LogP contribution in [0.4, 0.5) is 0 Å². The Labute approximate surface area is 113 Å². The van der Waals surface area contributed by atoms with Gasteiger partial charge < -0.3 is 10.0 Å². The first-order chi connectivity index (χ1) is 8.25. The molecule has 0 saturated carbocycles. The Bertz CT molecular complexity index is 441. The number of hydrogen-bond acceptors (Lipinski definition) is 3. The predicted octanol–water partition coefficient (Wildman–Crippen LogP) is 2.10. The third-order valence-electron chi connectivity index (χ3n) is 2.59. The Morgan fingerprint density at radius 1 is 1.44 bits per heavy atom. The Morgan fingerprint density at radius 3 is 2.56 bits per heavy atom. The molecular formula is C13H19ClN2O2. The zero-order chi connectivity index (χ0) is 13.9. The normalized spacial score (nSPS) is 11.4. The summed E-state index contributed by atoms with van der Waals surface area (Å²) in [5.74, 6) is -0.168. The quantitative estimate of drug-likeness (QED) is 0.856. The zero-order valence-electron chi connectivity index (χ0n) is 11.2. The number of aliphatic hydroxyl groups excluding tert-OH is 1. The van der Waals surface area contributed by atoms with Gasteiger partial charge in [-0.25, -0.2) is 4.98 Å². The van der Waals surface area contributed by atoms with E-state index in [1.807, 2.05) is 20.8 Å². The average molecular weight is 271 g/mol. The molecule has 0 saturated heterocycles. The highest BCUT2D eigenvalue weighted by Crippen LogP contribution is 2.23. The van der Waals surface area contributed by atoms with Gasteiger partial charge in [-0.3, -0.25) is 4.79 Å². The van der Waals surface area contributed by atoms with Crippen molar-refractivity contribution in [3.63, 3.8) is 0 Å². The van der Waals surface area contributed by atoms with E-state index in [-0.39, 0.29) is 17.9 Å². The number of aromatic nitrogens is 1. The third kappa shape index (κ3) is 3.68. The van der Waals surface area contributed by atoms with Crippen molar-refractivity contribution < 1.29 is 9.90 Å². The number of nitrogens with zero attached hydrogens (tertiary/aromatic N) is 2. The van der Waals surface area contributed by atoms with E-state index in [1.165, 1.54) is 4.90 Å². The molecule has 4 nitrogen and oxygen atoms in total. The molecule has 1 amide bonds. The molecule has 1 rings (SSSR count). The highest BCUT2D eigenvalue weighted by Gasteiger charge is 2.20. The minimum atomic E-state index is -0.171. The minimum absolute atomic E-state index is 0.0623. The van der Waals surface area contributed by atoms with Gasteiger partial charge in [0.05, 0.1) is 6.61 Å². The molecule has 0 aromatic carbocycles. The van der Waals surface area contributed by atoms with Gasteiger partial charge in [0.1, 0.15) is 5.15 Å². The maximum Gasteiger partial charge on any atom is 0.253 e. The van der Waals surface area contributed by atoms with Crippen LogP contribution in [0.25, 0.3) is 0 Å². The van der Waals surface area contributed by atoms with E-state index in [9.17, 15) is 4.79 Å². The number of carbonyl (C=O) groups is 1. The van der Waals surface area contributed by atoms with Crippen molar-refractivity contribution in [3.8, 4) is 0 Å². The summed E-state index contributed by atoms with van der Waals surface area (Å²) < 4.78 is 0. The molecule has 1 N–H and O–H groups in total. The second kappa shape index (κ2) is 5.67. The number of aliphatic hydroxyl groups is 1. The summed E-state index contributed by atoms with van der Waals surface area (Å²) in [6, 6.07) is 3.30. The van der Waals surface area contributed by atoms with Gasteiger partial charge >= 0.3 is 0 Å². The average Bonchev–Trinajstić information content (AvgIpc) is 2.26. The summed E-state index contributed by atoms with van der Waals surface area (Å²) in [7, 11) is 1.64. The van der Waals surface area contributed by atoms with Gasteiger partial charge in [0, 0.05) is 30.3 Å². The molecule has 1 aromatic rings. The highest BCUT2D eigenvalue weighted by molar-refractivity contribution is 6.29. The lowest BCUT2D eigenvalue weighted by atomic mass is 9.91. The van der Waals surface area contributed by atoms with E-state index in [2.05, 4.69) is 4.98 Å². The number of hydrogen-bond donors (Lipinski definition) is 1. The molecule has 0 radical (unpaired) electrons. The summed E-state index contributed by atoms with van der Waals surface area (Å²) in [4.78, 5) is 17.8. The number of amides is 1. The van der Waals surface area contributed by atoms with Gasteiger partial charge in [-0.2, -0.15) is 0 Å². The van der Waals surface area contributed by atoms with Gasteiger partial charge in [0.2, 0.25) is 0 Å². The molecule has 0 aliphatic carbocycles. The van der Waals surface area contributed by atoms with Crippen LogP contribution in [0.2, 0.25) is 5.15 Å². The van der Waals surface area contributed by atoms with Crippen LogP contribution in [0, 0.1) is 0 Å². The number of rotatable bonds is 3. The van der Waals surface area contributed by atoms with E-state index < -0.39 is 0 Å². The van der Waals surface area contributed by atoms with Crippen LogP contribution in [0.5, 0.6) is 0 Å². The van der Waals surface area contributed by atoms with E-state index in [0.717, 1.165) is 5.69 Å². The van der Waals surface area contributed by atoms with Crippen LogP contribution in [-0.2, 0) is 5.41 Å². The van der Waals surface area contributed by atoms with Crippen LogP contribution < -0.4 is 0 Å². The molecule has 0 spiro atoms. The summed E-state index contributed by atoms with van der Waals surface area (Å²) in [5, 5.41) is 9.15. The van der Waals surface area contributed by atoms with Crippen LogP contribution in [0.15, 0.2) is 12.1 Å². The first-order valence-electron chi connectivity index (χ1n) is 5.80. The summed E-state index contributed by atoms with van der Waals surface area (Å²) in [5.41, 5.74) is 1.10. The summed E-state index contributed by atoms with van der Waals surface area (Å²) >= 11 is 5.95. The van der Waals surface area contributed by atoms with Crippen molar-refractivity contribution in [2.75, 3.05) is 20.2 Å². The Morgan fingerprint density at radius 2 is 2.06 bits per heavy atom. The predicted molar refractivity (Wildman–Crippen MR) is 72.0 cm³/mol. The molecule has 0 atom stereocenters. The first kappa shape index (κ1) is 14.9. The molecule has 0 unspecified atom stereocenters. The van der Waals surface area contributed by atoms with Crippen molar-refractivity contribution in [1.29, 1.82) is 0 Å². The van der Waals surface area contributed by atoms with Crippen molar-refractivity contribution >= 4 is 17.5 Å². The number of pyridine rings is 1. The molecule has 5 heteroatoms. The van der Waals surface area contributed by atoms with Gasteiger partial charge in [-0.1, -0.05) is 32.4 Å². The maximum atomic E-state index is 12.1. The van der Waals surface area contributed by atoms with Gasteiger partial charge in [0.25, 0.3) is 5.91 Å². The minimum Gasteiger partial charge on any atom is -0.395 e. The highest BCUT2D eigenvalue weighted by atomic mass is 35.5. The van der Waals surface area contributed by atoms with E-state index in [4.69, 9.17) is 16.7 Å². The second-order valence-electron chi connectivity index (χ2n) is 5.26. The monoisotopic (exact) mass is 270 g/mol. The Balaban J connectivity index is 3.10. The SMILES string of the molecule is CN(CCO)C(=O)c1cc(Cl)nc(C(C)(C)C)c1. The molecule has 1 heterocycles. The molecular weight excluding hydrogens is 252 g/mol. The van der Waals surface area contributed by atoms with E-state index in [1.54, 1.807) is 19.2 Å². The molecule has 0 bridgehead atoms. The topological polar surface area (TPSA) is 53.4 Å². The van der Waals surface area contributed by atoms with Gasteiger partial charge in [-0.15, -0.1) is 0 Å². The van der Waals surface area contributed by atoms with Crippen LogP contribution in [-0.4, -0.2) is 41.1 Å². The van der Waals surface area contributed by atoms with Crippen LogP contribution in [0.1, 0.15) is 36.8 Å². The number of carbonyl (C=O) groups excluding carboxylic acids is 1. The molecule has 1 aromatic heterocycles. The molecule has 0 aliphatic rings. The lowest BCUT2D eigenvalue weighted by Gasteiger charge is -2.20. The standard InChI is InChI=1S/C13H19ClN2O2/c1-13(2,3)10-7-9(8-11(14)15-10)12(18)16(4)5-6-17/h7-8,17H,5-6H2,1-4H3. The molecule has 18 heavy (non-hydrogen) atoms. The molecule has 0 aliphatic heterocycles. The largest absolute Gasteiger partial charge is 0.395 e. The Hall–Kier alpha value is -1.13. The second-order valence-corrected chi connectivity index (χ2v) is 5.65. The van der Waals surface area contributed by atoms with Crippen LogP contribution in [0.3, 0.4) is 0 Å². The fraction of sp³-hybridized carbons (Fsp3) is 0.538. The van der Waals surface area contributed by atoms with Crippen molar-refractivity contribution in [3.05, 3.63) is 28.5 Å². The van der Waals surface area contributed by atoms with Crippen LogP contribution >= 0.6 is 11.6 Å². The molecule has 0 fully saturated rings. The van der Waals surface area contributed by atoms with E-state index >= 15 is 0 Å². The fourth-order valence-corrected chi connectivity index (χ4v) is 1.69. The number of likely N-dealkylation sites (N-methyl/N-ethyl adjacent to an activating group) is 1. The Kier molecular flexibility index (Phi) is 4.71. The van der Waals surface area contributed by atoms with E-state index in [0.29, 0.717) is 17.3 Å². The van der Waals surface area contributed by atoms with Gasteiger partial charge in [-0.05, 0) is 12.1 Å². The summed E-state index contributed by atoms with van der Waals surface area (Å²) in [6.07, 6.45) is 0. The summed E-state index contributed by atoms with van der Waals surface area (Å²) in [6.45, 7) is 6.27. The lowest BCUT2D eigenvalue weighted by Crippen LogP contribution is -2.30. The first-order valence-corrected chi connectivity index (χ1v) is 6.18. The zero-order valence-corrected chi connectivity index (χ0v) is 12.0. The van der Waals surface area contributed by atoms with Crippen molar-refractivity contribution in [2.24, 2.45) is 0 Å². The van der Waals surface area contributed by atoms with Crippen molar-refractivity contribution in [2.45, 2.75) is 26.2 Å². The lowest BCUT2D eigenvalue weighted by molar-refractivity contribution is 0.0766. The maximum absolute atomic E-state index is 12.1.